The molecule has 1 aliphatic carbocycles. The van der Waals surface area contributed by atoms with Gasteiger partial charge in [-0.2, -0.15) is 11.8 Å². The highest BCUT2D eigenvalue weighted by Gasteiger charge is 2.40. The highest BCUT2D eigenvalue weighted by molar-refractivity contribution is 8.00. The summed E-state index contributed by atoms with van der Waals surface area (Å²) in [5.41, 5.74) is 0.285. The van der Waals surface area contributed by atoms with Crippen molar-refractivity contribution < 1.29 is 4.74 Å². The highest BCUT2D eigenvalue weighted by atomic mass is 35.5. The van der Waals surface area contributed by atoms with Gasteiger partial charge >= 0.3 is 0 Å². The largest absolute Gasteiger partial charge is 0.371 e. The van der Waals surface area contributed by atoms with Gasteiger partial charge in [0.1, 0.15) is 0 Å². The maximum Gasteiger partial charge on any atom is 0.0687 e. The summed E-state index contributed by atoms with van der Waals surface area (Å²) >= 11 is 7.78. The van der Waals surface area contributed by atoms with Gasteiger partial charge in [0.25, 0.3) is 0 Å². The van der Waals surface area contributed by atoms with Gasteiger partial charge in [-0.3, -0.25) is 0 Å². The summed E-state index contributed by atoms with van der Waals surface area (Å²) in [6.07, 6.45) is 9.83. The van der Waals surface area contributed by atoms with Crippen molar-refractivity contribution in [3.8, 4) is 0 Å². The van der Waals surface area contributed by atoms with Crippen molar-refractivity contribution in [2.24, 2.45) is 0 Å². The molecule has 1 nitrogen and oxygen atoms in total. The molecule has 94 valence electrons. The van der Waals surface area contributed by atoms with Crippen molar-refractivity contribution in [3.63, 3.8) is 0 Å². The zero-order valence-electron chi connectivity index (χ0n) is 10.2. The minimum atomic E-state index is 0.285. The van der Waals surface area contributed by atoms with Crippen LogP contribution in [-0.2, 0) is 4.74 Å². The predicted molar refractivity (Wildman–Crippen MR) is 72.6 cm³/mol. The Morgan fingerprint density at radius 3 is 2.75 bits per heavy atom. The molecule has 1 saturated heterocycles. The first-order chi connectivity index (χ1) is 7.74. The number of thioether (sulfide) groups is 1. The first-order valence-electron chi connectivity index (χ1n) is 6.59. The molecule has 0 N–H and O–H groups in total. The molecular weight excluding hydrogens is 240 g/mol. The summed E-state index contributed by atoms with van der Waals surface area (Å²) in [4.78, 5) is 0. The van der Waals surface area contributed by atoms with E-state index in [4.69, 9.17) is 16.3 Å². The zero-order valence-corrected chi connectivity index (χ0v) is 11.8. The standard InChI is InChI=1S/C13H23ClOS/c1-11(9-14)16-10-12-5-8-13(15-12)6-3-2-4-7-13/h11-12H,2-10H2,1H3. The van der Waals surface area contributed by atoms with Crippen LogP contribution in [0.5, 0.6) is 0 Å². The lowest BCUT2D eigenvalue weighted by Gasteiger charge is -2.33. The molecule has 0 aromatic carbocycles. The van der Waals surface area contributed by atoms with E-state index in [9.17, 15) is 0 Å². The monoisotopic (exact) mass is 262 g/mol. The van der Waals surface area contributed by atoms with Gasteiger partial charge in [-0.25, -0.2) is 0 Å². The highest BCUT2D eigenvalue weighted by Crippen LogP contribution is 2.42. The van der Waals surface area contributed by atoms with Gasteiger partial charge in [-0.1, -0.05) is 26.2 Å². The molecule has 2 atom stereocenters. The van der Waals surface area contributed by atoms with E-state index in [1.807, 2.05) is 11.8 Å². The Hall–Kier alpha value is 0.600. The number of rotatable bonds is 4. The van der Waals surface area contributed by atoms with Crippen molar-refractivity contribution in [2.45, 2.75) is 68.8 Å². The molecule has 1 spiro atoms. The molecule has 2 unspecified atom stereocenters. The molecule has 2 fully saturated rings. The third kappa shape index (κ3) is 3.30. The van der Waals surface area contributed by atoms with Gasteiger partial charge in [-0.05, 0) is 25.7 Å². The summed E-state index contributed by atoms with van der Waals surface area (Å²) < 4.78 is 6.32. The lowest BCUT2D eigenvalue weighted by Crippen LogP contribution is -2.32. The number of hydrogen-bond acceptors (Lipinski definition) is 2. The summed E-state index contributed by atoms with van der Waals surface area (Å²) in [7, 11) is 0. The number of hydrogen-bond donors (Lipinski definition) is 0. The van der Waals surface area contributed by atoms with Crippen LogP contribution in [0.25, 0.3) is 0 Å². The Bertz CT molecular complexity index is 216. The third-order valence-corrected chi connectivity index (χ3v) is 5.83. The number of halogens is 1. The molecule has 1 saturated carbocycles. The molecular formula is C13H23ClOS. The van der Waals surface area contributed by atoms with E-state index in [0.29, 0.717) is 11.4 Å². The van der Waals surface area contributed by atoms with Crippen molar-refractivity contribution in [3.05, 3.63) is 0 Å². The van der Waals surface area contributed by atoms with Crippen LogP contribution in [0.3, 0.4) is 0 Å². The van der Waals surface area contributed by atoms with Gasteiger partial charge in [-0.15, -0.1) is 11.6 Å². The Morgan fingerprint density at radius 2 is 2.06 bits per heavy atom. The van der Waals surface area contributed by atoms with E-state index >= 15 is 0 Å². The molecule has 1 heterocycles. The van der Waals surface area contributed by atoms with Crippen LogP contribution in [0, 0.1) is 0 Å². The third-order valence-electron chi connectivity index (χ3n) is 3.89. The second kappa shape index (κ2) is 5.97. The van der Waals surface area contributed by atoms with Crippen molar-refractivity contribution in [1.82, 2.24) is 0 Å². The van der Waals surface area contributed by atoms with E-state index in [1.165, 1.54) is 44.9 Å². The van der Waals surface area contributed by atoms with Crippen LogP contribution < -0.4 is 0 Å². The smallest absolute Gasteiger partial charge is 0.0687 e. The molecule has 1 aliphatic heterocycles. The second-order valence-electron chi connectivity index (χ2n) is 5.32. The SMILES string of the molecule is CC(CCl)SCC1CCC2(CCCCC2)O1. The molecule has 3 heteroatoms. The lowest BCUT2D eigenvalue weighted by molar-refractivity contribution is -0.0555. The van der Waals surface area contributed by atoms with Crippen LogP contribution in [0.4, 0.5) is 0 Å². The van der Waals surface area contributed by atoms with Gasteiger partial charge in [0, 0.05) is 16.9 Å². The summed E-state index contributed by atoms with van der Waals surface area (Å²) in [5.74, 6) is 1.89. The Labute approximate surface area is 109 Å². The molecule has 0 aromatic rings. The summed E-state index contributed by atoms with van der Waals surface area (Å²) in [6, 6.07) is 0. The van der Waals surface area contributed by atoms with Crippen molar-refractivity contribution >= 4 is 23.4 Å². The molecule has 0 bridgehead atoms. The predicted octanol–water partition coefficient (Wildman–Crippen LogP) is 4.23. The first kappa shape index (κ1) is 13.0. The Morgan fingerprint density at radius 1 is 1.31 bits per heavy atom. The molecule has 2 aliphatic rings. The maximum atomic E-state index is 6.32. The van der Waals surface area contributed by atoms with E-state index < -0.39 is 0 Å². The summed E-state index contributed by atoms with van der Waals surface area (Å²) in [5, 5.41) is 0.563. The Balaban J connectivity index is 1.74. The first-order valence-corrected chi connectivity index (χ1v) is 8.18. The van der Waals surface area contributed by atoms with Crippen LogP contribution >= 0.6 is 23.4 Å². The molecule has 0 amide bonds. The number of ether oxygens (including phenoxy) is 1. The normalized spacial score (nSPS) is 30.8. The van der Waals surface area contributed by atoms with Crippen LogP contribution in [0.2, 0.25) is 0 Å². The minimum absolute atomic E-state index is 0.285. The van der Waals surface area contributed by atoms with Crippen LogP contribution in [0.1, 0.15) is 51.9 Å². The fraction of sp³-hybridized carbons (Fsp3) is 1.00. The quantitative estimate of drug-likeness (QED) is 0.702. The zero-order chi connectivity index (χ0) is 11.4. The summed E-state index contributed by atoms with van der Waals surface area (Å²) in [6.45, 7) is 2.20. The second-order valence-corrected chi connectivity index (χ2v) is 7.10. The van der Waals surface area contributed by atoms with E-state index in [1.54, 1.807) is 0 Å². The Kier molecular flexibility index (Phi) is 4.87. The van der Waals surface area contributed by atoms with Crippen LogP contribution in [-0.4, -0.2) is 28.6 Å². The molecule has 0 aromatic heterocycles. The molecule has 16 heavy (non-hydrogen) atoms. The van der Waals surface area contributed by atoms with Crippen molar-refractivity contribution in [2.75, 3.05) is 11.6 Å². The fourth-order valence-electron chi connectivity index (χ4n) is 2.89. The van der Waals surface area contributed by atoms with E-state index in [2.05, 4.69) is 6.92 Å². The molecule has 2 rings (SSSR count). The average Bonchev–Trinajstić information content (AvgIpc) is 2.70. The van der Waals surface area contributed by atoms with Gasteiger partial charge < -0.3 is 4.74 Å². The van der Waals surface area contributed by atoms with E-state index in [0.717, 1.165) is 11.6 Å². The van der Waals surface area contributed by atoms with E-state index in [-0.39, 0.29) is 5.60 Å². The topological polar surface area (TPSA) is 9.23 Å². The molecule has 0 radical (unpaired) electrons. The van der Waals surface area contributed by atoms with Gasteiger partial charge in [0.05, 0.1) is 11.7 Å². The maximum absolute atomic E-state index is 6.32. The van der Waals surface area contributed by atoms with Gasteiger partial charge in [0.2, 0.25) is 0 Å². The van der Waals surface area contributed by atoms with Crippen molar-refractivity contribution in [1.29, 1.82) is 0 Å². The average molecular weight is 263 g/mol. The fourth-order valence-corrected chi connectivity index (χ4v) is 4.03. The van der Waals surface area contributed by atoms with Crippen LogP contribution in [0.15, 0.2) is 0 Å². The lowest BCUT2D eigenvalue weighted by atomic mass is 9.83. The number of alkyl halides is 1. The minimum Gasteiger partial charge on any atom is -0.371 e. The van der Waals surface area contributed by atoms with Gasteiger partial charge in [0.15, 0.2) is 0 Å².